The largest absolute Gasteiger partial charge is 0.497 e. The summed E-state index contributed by atoms with van der Waals surface area (Å²) in [6.45, 7) is 6.02. The lowest BCUT2D eigenvalue weighted by molar-refractivity contribution is 0.171. The SMILES string of the molecule is COCCn1nnnc1C(c1cc2ccc(OC)cc2[nH]c1=O)N1CCN(c2cc(Cl)ccc2C)CC1. The molecule has 10 nitrogen and oxygen atoms in total. The molecule has 0 radical (unpaired) electrons. The highest BCUT2D eigenvalue weighted by atomic mass is 35.5. The molecule has 0 spiro atoms. The summed E-state index contributed by atoms with van der Waals surface area (Å²) >= 11 is 6.29. The first kappa shape index (κ1) is 25.2. The van der Waals surface area contributed by atoms with Gasteiger partial charge in [-0.05, 0) is 58.6 Å². The number of tetrazole rings is 1. The molecular weight excluding hydrogens is 494 g/mol. The van der Waals surface area contributed by atoms with Gasteiger partial charge in [0.15, 0.2) is 5.82 Å². The van der Waals surface area contributed by atoms with E-state index in [0.29, 0.717) is 48.9 Å². The number of pyridine rings is 1. The van der Waals surface area contributed by atoms with Crippen LogP contribution in [0.25, 0.3) is 10.9 Å². The summed E-state index contributed by atoms with van der Waals surface area (Å²) < 4.78 is 12.3. The Morgan fingerprint density at radius 1 is 1.08 bits per heavy atom. The van der Waals surface area contributed by atoms with Gasteiger partial charge in [-0.2, -0.15) is 0 Å². The number of nitrogens with zero attached hydrogens (tertiary/aromatic N) is 6. The maximum atomic E-state index is 13.5. The number of aryl methyl sites for hydroxylation is 1. The van der Waals surface area contributed by atoms with E-state index in [1.807, 2.05) is 42.5 Å². The molecule has 1 aliphatic heterocycles. The molecule has 2 aromatic carbocycles. The van der Waals surface area contributed by atoms with Crippen LogP contribution in [-0.4, -0.2) is 77.1 Å². The van der Waals surface area contributed by atoms with Gasteiger partial charge in [-0.25, -0.2) is 4.68 Å². The molecule has 0 saturated carbocycles. The number of benzene rings is 2. The van der Waals surface area contributed by atoms with Gasteiger partial charge in [0, 0.05) is 55.6 Å². The molecule has 5 rings (SSSR count). The zero-order valence-electron chi connectivity index (χ0n) is 21.1. The Bertz CT molecular complexity index is 1450. The number of methoxy groups -OCH3 is 2. The van der Waals surface area contributed by atoms with Crippen molar-refractivity contribution in [1.29, 1.82) is 0 Å². The van der Waals surface area contributed by atoms with Gasteiger partial charge in [-0.1, -0.05) is 17.7 Å². The van der Waals surface area contributed by atoms with Crippen molar-refractivity contribution >= 4 is 28.2 Å². The summed E-state index contributed by atoms with van der Waals surface area (Å²) in [5.74, 6) is 1.30. The van der Waals surface area contributed by atoms with Gasteiger partial charge in [0.05, 0.1) is 25.8 Å². The molecule has 1 atom stereocenters. The fourth-order valence-corrected chi connectivity index (χ4v) is 5.08. The predicted molar refractivity (Wildman–Crippen MR) is 143 cm³/mol. The van der Waals surface area contributed by atoms with Crippen LogP contribution in [0, 0.1) is 6.92 Å². The van der Waals surface area contributed by atoms with Crippen LogP contribution < -0.4 is 15.2 Å². The molecule has 1 aliphatic rings. The number of piperazine rings is 1. The van der Waals surface area contributed by atoms with Gasteiger partial charge in [0.2, 0.25) is 0 Å². The molecule has 1 saturated heterocycles. The second-order valence-corrected chi connectivity index (χ2v) is 9.55. The zero-order chi connectivity index (χ0) is 25.9. The van der Waals surface area contributed by atoms with E-state index < -0.39 is 6.04 Å². The maximum Gasteiger partial charge on any atom is 0.253 e. The summed E-state index contributed by atoms with van der Waals surface area (Å²) in [6, 6.07) is 13.1. The van der Waals surface area contributed by atoms with Crippen LogP contribution >= 0.6 is 11.6 Å². The number of rotatable bonds is 8. The van der Waals surface area contributed by atoms with Gasteiger partial charge < -0.3 is 19.4 Å². The number of fused-ring (bicyclic) bond motifs is 1. The molecule has 2 aromatic heterocycles. The van der Waals surface area contributed by atoms with Crippen LogP contribution in [0.4, 0.5) is 5.69 Å². The lowest BCUT2D eigenvalue weighted by Crippen LogP contribution is -2.49. The smallest absolute Gasteiger partial charge is 0.253 e. The summed E-state index contributed by atoms with van der Waals surface area (Å²) in [7, 11) is 3.24. The number of halogens is 1. The van der Waals surface area contributed by atoms with Gasteiger partial charge >= 0.3 is 0 Å². The highest BCUT2D eigenvalue weighted by Crippen LogP contribution is 2.31. The number of aromatic amines is 1. The van der Waals surface area contributed by atoms with Crippen LogP contribution in [0.2, 0.25) is 5.02 Å². The molecule has 37 heavy (non-hydrogen) atoms. The van der Waals surface area contributed by atoms with Crippen LogP contribution in [0.5, 0.6) is 5.75 Å². The number of aromatic nitrogens is 5. The first-order valence-corrected chi connectivity index (χ1v) is 12.6. The Kier molecular flexibility index (Phi) is 7.40. The van der Waals surface area contributed by atoms with E-state index in [4.69, 9.17) is 21.1 Å². The fraction of sp³-hybridized carbons (Fsp3) is 0.385. The second-order valence-electron chi connectivity index (χ2n) is 9.12. The van der Waals surface area contributed by atoms with Crippen molar-refractivity contribution in [3.05, 3.63) is 74.8 Å². The number of hydrogen-bond acceptors (Lipinski definition) is 8. The van der Waals surface area contributed by atoms with Gasteiger partial charge in [-0.3, -0.25) is 9.69 Å². The quantitative estimate of drug-likeness (QED) is 0.376. The highest BCUT2D eigenvalue weighted by molar-refractivity contribution is 6.30. The predicted octanol–water partition coefficient (Wildman–Crippen LogP) is 3.04. The summed E-state index contributed by atoms with van der Waals surface area (Å²) in [5.41, 5.74) is 3.44. The molecule has 1 fully saturated rings. The number of anilines is 1. The average Bonchev–Trinajstić information content (AvgIpc) is 3.37. The third-order valence-corrected chi connectivity index (χ3v) is 7.11. The van der Waals surface area contributed by atoms with Gasteiger partial charge in [0.25, 0.3) is 5.56 Å². The standard InChI is InChI=1S/C26H30ClN7O3/c1-17-4-6-19(27)15-23(17)32-8-10-33(11-9-32)24(25-29-30-31-34(25)12-13-36-2)21-14-18-5-7-20(37-3)16-22(18)28-26(21)35/h4-7,14-16,24H,8-13H2,1-3H3,(H,28,35). The molecule has 11 heteroatoms. The Morgan fingerprint density at radius 2 is 1.89 bits per heavy atom. The monoisotopic (exact) mass is 523 g/mol. The first-order valence-electron chi connectivity index (χ1n) is 12.2. The van der Waals surface area contributed by atoms with Crippen molar-refractivity contribution < 1.29 is 9.47 Å². The minimum Gasteiger partial charge on any atom is -0.497 e. The fourth-order valence-electron chi connectivity index (χ4n) is 4.91. The summed E-state index contributed by atoms with van der Waals surface area (Å²) in [4.78, 5) is 21.1. The average molecular weight is 524 g/mol. The zero-order valence-corrected chi connectivity index (χ0v) is 21.9. The van der Waals surface area contributed by atoms with E-state index in [-0.39, 0.29) is 5.56 Å². The van der Waals surface area contributed by atoms with Crippen molar-refractivity contribution in [2.75, 3.05) is 51.9 Å². The van der Waals surface area contributed by atoms with Crippen molar-refractivity contribution in [1.82, 2.24) is 30.1 Å². The molecule has 194 valence electrons. The third kappa shape index (κ3) is 5.18. The normalized spacial score (nSPS) is 15.3. The van der Waals surface area contributed by atoms with Crippen LogP contribution in [-0.2, 0) is 11.3 Å². The van der Waals surface area contributed by atoms with Gasteiger partial charge in [0.1, 0.15) is 11.8 Å². The Labute approximate surface area is 219 Å². The summed E-state index contributed by atoms with van der Waals surface area (Å²) in [6.07, 6.45) is 0. The Hall–Kier alpha value is -3.47. The van der Waals surface area contributed by atoms with E-state index >= 15 is 0 Å². The van der Waals surface area contributed by atoms with Crippen molar-refractivity contribution in [3.8, 4) is 5.75 Å². The molecule has 1 N–H and O–H groups in total. The highest BCUT2D eigenvalue weighted by Gasteiger charge is 2.33. The summed E-state index contributed by atoms with van der Waals surface area (Å²) in [5, 5.41) is 14.1. The van der Waals surface area contributed by atoms with Crippen LogP contribution in [0.1, 0.15) is 23.0 Å². The van der Waals surface area contributed by atoms with Crippen LogP contribution in [0.15, 0.2) is 47.3 Å². The molecular formula is C26H30ClN7O3. The van der Waals surface area contributed by atoms with Crippen molar-refractivity contribution in [3.63, 3.8) is 0 Å². The Morgan fingerprint density at radius 3 is 2.65 bits per heavy atom. The van der Waals surface area contributed by atoms with Crippen molar-refractivity contribution in [2.24, 2.45) is 0 Å². The molecule has 1 unspecified atom stereocenters. The number of ether oxygens (including phenoxy) is 2. The molecule has 0 amide bonds. The molecule has 0 aliphatic carbocycles. The molecule has 3 heterocycles. The number of hydrogen-bond donors (Lipinski definition) is 1. The maximum absolute atomic E-state index is 13.5. The van der Waals surface area contributed by atoms with E-state index in [9.17, 15) is 4.79 Å². The number of nitrogens with one attached hydrogen (secondary N) is 1. The molecule has 0 bridgehead atoms. The van der Waals surface area contributed by atoms with E-state index in [1.54, 1.807) is 18.9 Å². The molecule has 4 aromatic rings. The van der Waals surface area contributed by atoms with E-state index in [1.165, 1.54) is 5.56 Å². The minimum absolute atomic E-state index is 0.180. The number of H-pyrrole nitrogens is 1. The first-order chi connectivity index (χ1) is 18.0. The lowest BCUT2D eigenvalue weighted by atomic mass is 10.0. The van der Waals surface area contributed by atoms with Crippen molar-refractivity contribution in [2.45, 2.75) is 19.5 Å². The van der Waals surface area contributed by atoms with E-state index in [0.717, 1.165) is 29.2 Å². The lowest BCUT2D eigenvalue weighted by Gasteiger charge is -2.40. The van der Waals surface area contributed by atoms with Crippen LogP contribution in [0.3, 0.4) is 0 Å². The third-order valence-electron chi connectivity index (χ3n) is 6.88. The Balaban J connectivity index is 1.52. The topological polar surface area (TPSA) is 101 Å². The van der Waals surface area contributed by atoms with E-state index in [2.05, 4.69) is 37.2 Å². The van der Waals surface area contributed by atoms with Gasteiger partial charge in [-0.15, -0.1) is 5.10 Å². The minimum atomic E-state index is -0.426. The second kappa shape index (κ2) is 10.9.